The molecule has 0 radical (unpaired) electrons. The molecule has 2 fully saturated rings. The van der Waals surface area contributed by atoms with E-state index >= 15 is 0 Å². The predicted octanol–water partition coefficient (Wildman–Crippen LogP) is 2.50. The Morgan fingerprint density at radius 2 is 1.80 bits per heavy atom. The number of rotatable bonds is 5. The largest absolute Gasteiger partial charge is 0.492 e. The molecule has 3 atom stereocenters. The maximum Gasteiger partial charge on any atom is 0.254 e. The fourth-order valence-corrected chi connectivity index (χ4v) is 4.84. The third kappa shape index (κ3) is 4.05. The number of fused-ring (bicyclic) bond motifs is 1. The van der Waals surface area contributed by atoms with Crippen LogP contribution in [0.2, 0.25) is 0 Å². The summed E-state index contributed by atoms with van der Waals surface area (Å²) in [6.45, 7) is 4.62. The Balaban J connectivity index is 1.57. The van der Waals surface area contributed by atoms with E-state index < -0.39 is 0 Å². The van der Waals surface area contributed by atoms with Crippen molar-refractivity contribution in [2.45, 2.75) is 25.3 Å². The highest BCUT2D eigenvalue weighted by Gasteiger charge is 2.47. The zero-order valence-corrected chi connectivity index (χ0v) is 17.4. The van der Waals surface area contributed by atoms with Gasteiger partial charge >= 0.3 is 0 Å². The fraction of sp³-hybridized carbons (Fsp3) is 0.417. The van der Waals surface area contributed by atoms with E-state index in [0.29, 0.717) is 44.1 Å². The summed E-state index contributed by atoms with van der Waals surface area (Å²) in [4.78, 5) is 29.4. The minimum absolute atomic E-state index is 0.0464. The Kier molecular flexibility index (Phi) is 6.04. The molecule has 2 aromatic carbocycles. The molecule has 0 bridgehead atoms. The van der Waals surface area contributed by atoms with E-state index in [1.54, 1.807) is 6.92 Å². The van der Waals surface area contributed by atoms with Gasteiger partial charge in [-0.05, 0) is 36.2 Å². The first-order valence-corrected chi connectivity index (χ1v) is 10.6. The van der Waals surface area contributed by atoms with Crippen LogP contribution < -0.4 is 10.5 Å². The van der Waals surface area contributed by atoms with Crippen LogP contribution in [0.25, 0.3) is 0 Å². The smallest absolute Gasteiger partial charge is 0.254 e. The molecule has 4 rings (SSSR count). The molecule has 2 aliphatic heterocycles. The SMILES string of the molecule is CC(=O)N1CC[C@@H]2[C@H](C1)[C@@H](c1ccccc1)CN2C(=O)c1ccc(OCCN)cc1. The molecule has 2 amide bonds. The molecule has 0 spiro atoms. The Hall–Kier alpha value is -2.86. The van der Waals surface area contributed by atoms with Crippen LogP contribution in [0, 0.1) is 5.92 Å². The number of benzene rings is 2. The van der Waals surface area contributed by atoms with Gasteiger partial charge in [0, 0.05) is 56.5 Å². The van der Waals surface area contributed by atoms with Crippen LogP contribution in [-0.4, -0.2) is 60.4 Å². The quantitative estimate of drug-likeness (QED) is 0.826. The fourth-order valence-electron chi connectivity index (χ4n) is 4.84. The van der Waals surface area contributed by atoms with Gasteiger partial charge in [0.2, 0.25) is 5.91 Å². The molecule has 2 aromatic rings. The van der Waals surface area contributed by atoms with Crippen LogP contribution >= 0.6 is 0 Å². The van der Waals surface area contributed by atoms with E-state index in [0.717, 1.165) is 6.42 Å². The molecule has 2 saturated heterocycles. The number of hydrogen-bond donors (Lipinski definition) is 1. The summed E-state index contributed by atoms with van der Waals surface area (Å²) in [6, 6.07) is 17.8. The normalized spacial score (nSPS) is 23.2. The standard InChI is InChI=1S/C24H29N3O3/c1-17(28)26-13-11-23-22(15-26)21(18-5-3-2-4-6-18)16-27(23)24(29)19-7-9-20(10-8-19)30-14-12-25/h2-10,21-23H,11-16,25H2,1H3/t21-,22-,23-/m1/s1. The van der Waals surface area contributed by atoms with Crippen molar-refractivity contribution in [2.75, 3.05) is 32.8 Å². The number of nitrogens with two attached hydrogens (primary N) is 1. The zero-order valence-electron chi connectivity index (χ0n) is 17.4. The molecule has 2 N–H and O–H groups in total. The van der Waals surface area contributed by atoms with Gasteiger partial charge in [-0.2, -0.15) is 0 Å². The van der Waals surface area contributed by atoms with Crippen molar-refractivity contribution in [3.05, 3.63) is 65.7 Å². The third-order valence-electron chi connectivity index (χ3n) is 6.35. The van der Waals surface area contributed by atoms with Crippen LogP contribution in [0.5, 0.6) is 5.75 Å². The van der Waals surface area contributed by atoms with E-state index in [-0.39, 0.29) is 29.7 Å². The van der Waals surface area contributed by atoms with Crippen molar-refractivity contribution >= 4 is 11.8 Å². The third-order valence-corrected chi connectivity index (χ3v) is 6.35. The molecular weight excluding hydrogens is 378 g/mol. The van der Waals surface area contributed by atoms with Crippen molar-refractivity contribution in [1.82, 2.24) is 9.80 Å². The van der Waals surface area contributed by atoms with Gasteiger partial charge in [0.15, 0.2) is 0 Å². The van der Waals surface area contributed by atoms with E-state index in [1.807, 2.05) is 52.3 Å². The molecule has 2 aliphatic rings. The van der Waals surface area contributed by atoms with Gasteiger partial charge < -0.3 is 20.3 Å². The predicted molar refractivity (Wildman–Crippen MR) is 115 cm³/mol. The second kappa shape index (κ2) is 8.88. The first-order valence-electron chi connectivity index (χ1n) is 10.6. The number of hydrogen-bond acceptors (Lipinski definition) is 4. The molecule has 0 aliphatic carbocycles. The van der Waals surface area contributed by atoms with Gasteiger partial charge in [-0.15, -0.1) is 0 Å². The Morgan fingerprint density at radius 3 is 2.47 bits per heavy atom. The van der Waals surface area contributed by atoms with E-state index in [4.69, 9.17) is 10.5 Å². The summed E-state index contributed by atoms with van der Waals surface area (Å²) >= 11 is 0. The molecular formula is C24H29N3O3. The van der Waals surface area contributed by atoms with E-state index in [1.165, 1.54) is 5.56 Å². The molecule has 0 aromatic heterocycles. The zero-order chi connectivity index (χ0) is 21.1. The van der Waals surface area contributed by atoms with Gasteiger partial charge in [0.1, 0.15) is 12.4 Å². The van der Waals surface area contributed by atoms with Crippen molar-refractivity contribution in [3.63, 3.8) is 0 Å². The lowest BCUT2D eigenvalue weighted by Crippen LogP contribution is -2.49. The highest BCUT2D eigenvalue weighted by Crippen LogP contribution is 2.42. The van der Waals surface area contributed by atoms with Gasteiger partial charge in [0.05, 0.1) is 0 Å². The number of likely N-dealkylation sites (tertiary alicyclic amines) is 2. The maximum absolute atomic E-state index is 13.4. The van der Waals surface area contributed by atoms with Gasteiger partial charge in [-0.3, -0.25) is 9.59 Å². The number of carbonyl (C=O) groups is 2. The van der Waals surface area contributed by atoms with Crippen molar-refractivity contribution < 1.29 is 14.3 Å². The maximum atomic E-state index is 13.4. The van der Waals surface area contributed by atoms with Gasteiger partial charge in [-0.1, -0.05) is 30.3 Å². The molecule has 2 heterocycles. The van der Waals surface area contributed by atoms with E-state index in [2.05, 4.69) is 12.1 Å². The lowest BCUT2D eigenvalue weighted by Gasteiger charge is -2.38. The number of nitrogens with zero attached hydrogens (tertiary/aromatic N) is 2. The average molecular weight is 408 g/mol. The summed E-state index contributed by atoms with van der Waals surface area (Å²) in [5.41, 5.74) is 7.38. The van der Waals surface area contributed by atoms with Crippen molar-refractivity contribution in [2.24, 2.45) is 11.7 Å². The molecule has 0 saturated carbocycles. The van der Waals surface area contributed by atoms with Crippen LogP contribution in [0.4, 0.5) is 0 Å². The Bertz CT molecular complexity index is 884. The Labute approximate surface area is 177 Å². The van der Waals surface area contributed by atoms with Crippen molar-refractivity contribution in [3.8, 4) is 5.75 Å². The highest BCUT2D eigenvalue weighted by atomic mass is 16.5. The molecule has 6 heteroatoms. The topological polar surface area (TPSA) is 75.9 Å². The molecule has 158 valence electrons. The number of ether oxygens (including phenoxy) is 1. The average Bonchev–Trinajstić information content (AvgIpc) is 3.17. The van der Waals surface area contributed by atoms with E-state index in [9.17, 15) is 9.59 Å². The summed E-state index contributed by atoms with van der Waals surface area (Å²) in [6.07, 6.45) is 0.816. The lowest BCUT2D eigenvalue weighted by molar-refractivity contribution is -0.131. The van der Waals surface area contributed by atoms with Crippen LogP contribution in [0.3, 0.4) is 0 Å². The van der Waals surface area contributed by atoms with Crippen LogP contribution in [0.1, 0.15) is 35.2 Å². The summed E-state index contributed by atoms with van der Waals surface area (Å²) in [5.74, 6) is 1.35. The second-order valence-corrected chi connectivity index (χ2v) is 8.12. The van der Waals surface area contributed by atoms with Crippen LogP contribution in [-0.2, 0) is 4.79 Å². The Morgan fingerprint density at radius 1 is 1.07 bits per heavy atom. The molecule has 0 unspecified atom stereocenters. The number of piperidine rings is 1. The molecule has 6 nitrogen and oxygen atoms in total. The second-order valence-electron chi connectivity index (χ2n) is 8.12. The number of amides is 2. The lowest BCUT2D eigenvalue weighted by atomic mass is 9.82. The summed E-state index contributed by atoms with van der Waals surface area (Å²) < 4.78 is 5.52. The summed E-state index contributed by atoms with van der Waals surface area (Å²) in [7, 11) is 0. The van der Waals surface area contributed by atoms with Crippen molar-refractivity contribution in [1.29, 1.82) is 0 Å². The first-order chi connectivity index (χ1) is 14.6. The first kappa shape index (κ1) is 20.4. The number of carbonyl (C=O) groups excluding carboxylic acids is 2. The minimum atomic E-state index is 0.0464. The van der Waals surface area contributed by atoms with Crippen LogP contribution in [0.15, 0.2) is 54.6 Å². The van der Waals surface area contributed by atoms with Gasteiger partial charge in [-0.25, -0.2) is 0 Å². The molecule has 30 heavy (non-hydrogen) atoms. The monoisotopic (exact) mass is 407 g/mol. The van der Waals surface area contributed by atoms with Gasteiger partial charge in [0.25, 0.3) is 5.91 Å². The summed E-state index contributed by atoms with van der Waals surface area (Å²) in [5, 5.41) is 0. The minimum Gasteiger partial charge on any atom is -0.492 e. The highest BCUT2D eigenvalue weighted by molar-refractivity contribution is 5.95.